The van der Waals surface area contributed by atoms with E-state index in [0.717, 1.165) is 31.1 Å². The number of benzene rings is 6. The van der Waals surface area contributed by atoms with Gasteiger partial charge in [-0.2, -0.15) is 0 Å². The van der Waals surface area contributed by atoms with Crippen LogP contribution in [0.15, 0.2) is 182 Å². The number of hydrogen-bond acceptors (Lipinski definition) is 4. The summed E-state index contributed by atoms with van der Waals surface area (Å²) >= 11 is 0. The van der Waals surface area contributed by atoms with Gasteiger partial charge in [0.15, 0.2) is 0 Å². The molecule has 0 aliphatic carbocycles. The minimum absolute atomic E-state index is 0. The first kappa shape index (κ1) is 43.6. The quantitative estimate of drug-likeness (QED) is 0.144. The molecule has 0 atom stereocenters. The average Bonchev–Trinajstić information content (AvgIpc) is 3.12. The van der Waals surface area contributed by atoms with E-state index in [2.05, 4.69) is 0 Å². The van der Waals surface area contributed by atoms with E-state index in [1.165, 1.54) is 0 Å². The minimum Gasteiger partial charge on any atom is -0.421 e. The molecule has 0 aliphatic rings. The number of hydrogen-bond donors (Lipinski definition) is 4. The maximum absolute atomic E-state index is 11.6. The molecule has 0 unspecified atom stereocenters. The normalized spacial score (nSPS) is 11.2. The third-order valence-electron chi connectivity index (χ3n) is 7.15. The molecule has 0 spiro atoms. The zero-order valence-electron chi connectivity index (χ0n) is 30.6. The van der Waals surface area contributed by atoms with Crippen LogP contribution < -0.4 is 31.1 Å². The molecule has 0 aromatic heterocycles. The summed E-state index contributed by atoms with van der Waals surface area (Å²) in [5.74, 6) is 0. The molecule has 4 N–H and O–H groups in total. The Kier molecular flexibility index (Phi) is 17.5. The second-order valence-electron chi connectivity index (χ2n) is 14.0. The van der Waals surface area contributed by atoms with Crippen molar-refractivity contribution in [3.63, 3.8) is 0 Å². The van der Waals surface area contributed by atoms with Gasteiger partial charge in [-0.1, -0.05) is 182 Å². The van der Waals surface area contributed by atoms with E-state index < -0.39 is 27.8 Å². The van der Waals surface area contributed by atoms with E-state index in [0.29, 0.717) is 0 Å². The zero-order valence-corrected chi connectivity index (χ0v) is 35.1. The average molecular weight is 792 g/mol. The number of aliphatic hydroxyl groups is 2. The summed E-state index contributed by atoms with van der Waals surface area (Å²) in [4.78, 5) is 23.1. The maximum atomic E-state index is 11.6. The van der Waals surface area contributed by atoms with Crippen molar-refractivity contribution in [1.82, 2.24) is 0 Å². The van der Waals surface area contributed by atoms with Crippen LogP contribution in [0, 0.1) is 0 Å². The fourth-order valence-corrected chi connectivity index (χ4v) is 11.1. The van der Waals surface area contributed by atoms with E-state index in [4.69, 9.17) is 10.2 Å². The Morgan fingerprint density at radius 2 is 0.392 bits per heavy atom. The molecule has 4 nitrogen and oxygen atoms in total. The van der Waals surface area contributed by atoms with Crippen molar-refractivity contribution in [2.24, 2.45) is 0 Å². The predicted molar refractivity (Wildman–Crippen MR) is 216 cm³/mol. The van der Waals surface area contributed by atoms with Crippen LogP contribution >= 0.6 is 0 Å². The van der Waals surface area contributed by atoms with Crippen LogP contribution in [0.5, 0.6) is 0 Å². The molecule has 0 aliphatic heterocycles. The first-order valence-electron chi connectivity index (χ1n) is 16.9. The minimum atomic E-state index is -2.88. The van der Waals surface area contributed by atoms with Gasteiger partial charge in [-0.3, -0.25) is 0 Å². The van der Waals surface area contributed by atoms with Crippen molar-refractivity contribution in [2.45, 2.75) is 52.7 Å². The van der Waals surface area contributed by atoms with Crippen molar-refractivity contribution < 1.29 is 46.0 Å². The SMILES string of the molecule is CC(C)(C)O.CC(C)(C)O.O[Si](c1ccccc1)(c1ccccc1)c1ccccc1.O[Si](c1ccccc1)(c1ccccc1)c1ccccc1.[Zr]. The van der Waals surface area contributed by atoms with Gasteiger partial charge in [0.1, 0.15) is 0 Å². The Morgan fingerprint density at radius 3 is 0.490 bits per heavy atom. The molecule has 51 heavy (non-hydrogen) atoms. The van der Waals surface area contributed by atoms with Crippen molar-refractivity contribution >= 4 is 47.8 Å². The van der Waals surface area contributed by atoms with Gasteiger partial charge in [-0.25, -0.2) is 0 Å². The molecule has 7 heteroatoms. The van der Waals surface area contributed by atoms with E-state index in [1.807, 2.05) is 182 Å². The van der Waals surface area contributed by atoms with E-state index in [-0.39, 0.29) is 26.2 Å². The van der Waals surface area contributed by atoms with E-state index >= 15 is 0 Å². The molecule has 0 saturated heterocycles. The topological polar surface area (TPSA) is 80.9 Å². The predicted octanol–water partition coefficient (Wildman–Crippen LogP) is 4.84. The Bertz CT molecular complexity index is 1440. The molecule has 0 saturated carbocycles. The summed E-state index contributed by atoms with van der Waals surface area (Å²) in [6.45, 7) is 10.5. The molecular weight excluding hydrogens is 740 g/mol. The summed E-state index contributed by atoms with van der Waals surface area (Å²) in [7, 11) is -5.76. The van der Waals surface area contributed by atoms with E-state index in [9.17, 15) is 9.59 Å². The van der Waals surface area contributed by atoms with E-state index in [1.54, 1.807) is 41.5 Å². The maximum Gasteiger partial charge on any atom is 0.285 e. The van der Waals surface area contributed by atoms with Gasteiger partial charge in [0.25, 0.3) is 16.6 Å². The molecule has 0 heterocycles. The molecule has 0 radical (unpaired) electrons. The van der Waals surface area contributed by atoms with Crippen LogP contribution in [0.3, 0.4) is 0 Å². The Hall–Kier alpha value is -3.52. The summed E-state index contributed by atoms with van der Waals surface area (Å²) in [6.07, 6.45) is 0. The van der Waals surface area contributed by atoms with Crippen molar-refractivity contribution in [3.8, 4) is 0 Å². The van der Waals surface area contributed by atoms with Gasteiger partial charge < -0.3 is 19.8 Å². The van der Waals surface area contributed by atoms with Gasteiger partial charge >= 0.3 is 0 Å². The molecule has 0 amide bonds. The van der Waals surface area contributed by atoms with Crippen LogP contribution in [-0.4, -0.2) is 47.6 Å². The van der Waals surface area contributed by atoms with Crippen LogP contribution in [-0.2, 0) is 26.2 Å². The summed E-state index contributed by atoms with van der Waals surface area (Å²) in [5.41, 5.74) is -1.00. The monoisotopic (exact) mass is 790 g/mol. The molecule has 6 aromatic carbocycles. The largest absolute Gasteiger partial charge is 0.421 e. The van der Waals surface area contributed by atoms with Crippen LogP contribution in [0.2, 0.25) is 0 Å². The molecular formula is C44H52O4Si2Zr. The van der Waals surface area contributed by atoms with Crippen LogP contribution in [0.25, 0.3) is 0 Å². The zero-order chi connectivity index (χ0) is 36.7. The van der Waals surface area contributed by atoms with Crippen molar-refractivity contribution in [1.29, 1.82) is 0 Å². The second-order valence-corrected chi connectivity index (χ2v) is 20.3. The first-order valence-corrected chi connectivity index (χ1v) is 20.8. The van der Waals surface area contributed by atoms with Gasteiger partial charge in [-0.05, 0) is 72.7 Å². The molecule has 6 rings (SSSR count). The van der Waals surface area contributed by atoms with Gasteiger partial charge in [-0.15, -0.1) is 0 Å². The third-order valence-corrected chi connectivity index (χ3v) is 14.2. The summed E-state index contributed by atoms with van der Waals surface area (Å²) in [5, 5.41) is 23.1. The van der Waals surface area contributed by atoms with Crippen LogP contribution in [0.1, 0.15) is 41.5 Å². The van der Waals surface area contributed by atoms with Crippen molar-refractivity contribution in [2.75, 3.05) is 0 Å². The Balaban J connectivity index is 0.000000276. The molecule has 264 valence electrons. The molecule has 0 fully saturated rings. The molecule has 0 bridgehead atoms. The second kappa shape index (κ2) is 20.5. The third kappa shape index (κ3) is 14.2. The summed E-state index contributed by atoms with van der Waals surface area (Å²) in [6, 6.07) is 59.9. The fraction of sp³-hybridized carbons (Fsp3) is 0.182. The smallest absolute Gasteiger partial charge is 0.285 e. The van der Waals surface area contributed by atoms with Gasteiger partial charge in [0.2, 0.25) is 0 Å². The van der Waals surface area contributed by atoms with Crippen molar-refractivity contribution in [3.05, 3.63) is 182 Å². The fourth-order valence-electron chi connectivity index (χ4n) is 5.08. The molecule has 6 aromatic rings. The van der Waals surface area contributed by atoms with Crippen LogP contribution in [0.4, 0.5) is 0 Å². The van der Waals surface area contributed by atoms with Gasteiger partial charge in [0, 0.05) is 26.2 Å². The Labute approximate surface area is 326 Å². The standard InChI is InChI=1S/2C18H16OSi.2C4H10O.Zr/c2*19-20(16-10-4-1-5-11-16,17-12-6-2-7-13-17)18-14-8-3-9-15-18;2*1-4(2,3)5;/h2*1-15,19H;2*5H,1-3H3;. The van der Waals surface area contributed by atoms with Gasteiger partial charge in [0.05, 0.1) is 11.2 Å². The Morgan fingerprint density at radius 1 is 0.294 bits per heavy atom. The number of rotatable bonds is 6. The first-order chi connectivity index (χ1) is 23.6. The summed E-state index contributed by atoms with van der Waals surface area (Å²) < 4.78 is 0.